The van der Waals surface area contributed by atoms with Crippen molar-refractivity contribution in [3.8, 4) is 11.8 Å². The number of nitrogens with one attached hydrogen (secondary N) is 1. The van der Waals surface area contributed by atoms with E-state index in [9.17, 15) is 0 Å². The van der Waals surface area contributed by atoms with Gasteiger partial charge in [-0.25, -0.2) is 9.97 Å². The Bertz CT molecular complexity index is 635. The minimum absolute atomic E-state index is 0.488. The van der Waals surface area contributed by atoms with Crippen LogP contribution in [-0.4, -0.2) is 48.2 Å². The number of likely N-dealkylation sites (tertiary alicyclic amines) is 1. The molecule has 6 heteroatoms. The van der Waals surface area contributed by atoms with Crippen molar-refractivity contribution in [2.45, 2.75) is 32.0 Å². The highest BCUT2D eigenvalue weighted by atomic mass is 16.5. The van der Waals surface area contributed by atoms with E-state index in [4.69, 9.17) is 9.47 Å². The van der Waals surface area contributed by atoms with Crippen molar-refractivity contribution in [2.24, 2.45) is 0 Å². The summed E-state index contributed by atoms with van der Waals surface area (Å²) >= 11 is 0. The van der Waals surface area contributed by atoms with Crippen LogP contribution in [0.1, 0.15) is 24.0 Å². The maximum absolute atomic E-state index is 5.33. The monoisotopic (exact) mass is 342 g/mol. The smallest absolute Gasteiger partial charge is 0.224 e. The zero-order chi connectivity index (χ0) is 17.5. The fourth-order valence-electron chi connectivity index (χ4n) is 3.27. The first-order chi connectivity index (χ1) is 12.3. The molecule has 1 aliphatic heterocycles. The lowest BCUT2D eigenvalue weighted by Crippen LogP contribution is -2.41. The van der Waals surface area contributed by atoms with E-state index in [-0.39, 0.29) is 0 Å². The first kappa shape index (κ1) is 17.6. The molecular weight excluding hydrogens is 316 g/mol. The van der Waals surface area contributed by atoms with Crippen LogP contribution in [0.4, 0.5) is 0 Å². The Labute approximate surface area is 149 Å². The largest absolute Gasteiger partial charge is 0.481 e. The minimum Gasteiger partial charge on any atom is -0.481 e. The van der Waals surface area contributed by atoms with Gasteiger partial charge in [0, 0.05) is 19.1 Å². The number of hydrogen-bond acceptors (Lipinski definition) is 6. The summed E-state index contributed by atoms with van der Waals surface area (Å²) in [5.41, 5.74) is 2.25. The van der Waals surface area contributed by atoms with E-state index >= 15 is 0 Å². The van der Waals surface area contributed by atoms with E-state index in [1.54, 1.807) is 14.2 Å². The molecule has 1 N–H and O–H groups in total. The Morgan fingerprint density at radius 1 is 1.04 bits per heavy atom. The standard InChI is InChI=1S/C19H26N4O2/c1-24-18-17(19(25-2)22-14-21-18)12-20-16-8-10-23(11-9-16)13-15-6-4-3-5-7-15/h3-7,14,16,20H,8-13H2,1-2H3. The van der Waals surface area contributed by atoms with Gasteiger partial charge in [0.15, 0.2) is 0 Å². The summed E-state index contributed by atoms with van der Waals surface area (Å²) in [5.74, 6) is 1.14. The molecular formula is C19H26N4O2. The highest BCUT2D eigenvalue weighted by molar-refractivity contribution is 5.34. The van der Waals surface area contributed by atoms with Gasteiger partial charge in [-0.05, 0) is 31.5 Å². The molecule has 0 atom stereocenters. The molecule has 0 aliphatic carbocycles. The third kappa shape index (κ3) is 4.67. The predicted molar refractivity (Wildman–Crippen MR) is 96.7 cm³/mol. The van der Waals surface area contributed by atoms with Crippen LogP contribution < -0.4 is 14.8 Å². The highest BCUT2D eigenvalue weighted by Crippen LogP contribution is 2.24. The first-order valence-electron chi connectivity index (χ1n) is 8.71. The van der Waals surface area contributed by atoms with Crippen LogP contribution in [0.25, 0.3) is 0 Å². The summed E-state index contributed by atoms with van der Waals surface area (Å²) < 4.78 is 10.7. The van der Waals surface area contributed by atoms with Crippen LogP contribution in [0.15, 0.2) is 36.7 Å². The van der Waals surface area contributed by atoms with Crippen molar-refractivity contribution in [2.75, 3.05) is 27.3 Å². The Balaban J connectivity index is 1.50. The van der Waals surface area contributed by atoms with Crippen LogP contribution in [0.3, 0.4) is 0 Å². The number of piperidine rings is 1. The Morgan fingerprint density at radius 3 is 2.28 bits per heavy atom. The molecule has 1 saturated heterocycles. The molecule has 1 aromatic heterocycles. The summed E-state index contributed by atoms with van der Waals surface area (Å²) in [5, 5.41) is 3.61. The van der Waals surface area contributed by atoms with Gasteiger partial charge in [-0.15, -0.1) is 0 Å². The maximum atomic E-state index is 5.33. The van der Waals surface area contributed by atoms with E-state index in [1.807, 2.05) is 0 Å². The van der Waals surface area contributed by atoms with Gasteiger partial charge < -0.3 is 14.8 Å². The number of ether oxygens (including phenoxy) is 2. The number of hydrogen-bond donors (Lipinski definition) is 1. The summed E-state index contributed by atoms with van der Waals surface area (Å²) in [7, 11) is 3.24. The second-order valence-corrected chi connectivity index (χ2v) is 6.29. The van der Waals surface area contributed by atoms with Crippen molar-refractivity contribution in [1.29, 1.82) is 0 Å². The number of methoxy groups -OCH3 is 2. The van der Waals surface area contributed by atoms with Gasteiger partial charge >= 0.3 is 0 Å². The zero-order valence-electron chi connectivity index (χ0n) is 14.9. The lowest BCUT2D eigenvalue weighted by molar-refractivity contribution is 0.189. The van der Waals surface area contributed by atoms with Gasteiger partial charge in [0.05, 0.1) is 19.8 Å². The molecule has 6 nitrogen and oxygen atoms in total. The van der Waals surface area contributed by atoms with Crippen molar-refractivity contribution in [3.05, 3.63) is 47.8 Å². The lowest BCUT2D eigenvalue weighted by atomic mass is 10.0. The van der Waals surface area contributed by atoms with E-state index in [0.29, 0.717) is 24.3 Å². The number of rotatable bonds is 7. The molecule has 1 aliphatic rings. The topological polar surface area (TPSA) is 59.5 Å². The minimum atomic E-state index is 0.488. The van der Waals surface area contributed by atoms with Crippen molar-refractivity contribution >= 4 is 0 Å². The van der Waals surface area contributed by atoms with Crippen LogP contribution >= 0.6 is 0 Å². The maximum Gasteiger partial charge on any atom is 0.224 e. The molecule has 0 bridgehead atoms. The summed E-state index contributed by atoms with van der Waals surface area (Å²) in [6, 6.07) is 11.1. The van der Waals surface area contributed by atoms with Gasteiger partial charge in [-0.1, -0.05) is 30.3 Å². The van der Waals surface area contributed by atoms with E-state index in [1.165, 1.54) is 11.9 Å². The second-order valence-electron chi connectivity index (χ2n) is 6.29. The summed E-state index contributed by atoms with van der Waals surface area (Å²) in [6.45, 7) is 3.89. The molecule has 0 radical (unpaired) electrons. The molecule has 0 spiro atoms. The first-order valence-corrected chi connectivity index (χ1v) is 8.71. The second kappa shape index (κ2) is 8.78. The molecule has 1 fully saturated rings. The Hall–Kier alpha value is -2.18. The van der Waals surface area contributed by atoms with E-state index in [0.717, 1.165) is 38.0 Å². The fourth-order valence-corrected chi connectivity index (χ4v) is 3.27. The van der Waals surface area contributed by atoms with Gasteiger partial charge in [0.1, 0.15) is 6.33 Å². The summed E-state index contributed by atoms with van der Waals surface area (Å²) in [6.07, 6.45) is 3.72. The van der Waals surface area contributed by atoms with Gasteiger partial charge in [0.25, 0.3) is 0 Å². The highest BCUT2D eigenvalue weighted by Gasteiger charge is 2.20. The van der Waals surface area contributed by atoms with Crippen LogP contribution in [0, 0.1) is 0 Å². The summed E-state index contributed by atoms with van der Waals surface area (Å²) in [4.78, 5) is 10.8. The average molecular weight is 342 g/mol. The molecule has 2 aromatic rings. The van der Waals surface area contributed by atoms with Crippen molar-refractivity contribution in [3.63, 3.8) is 0 Å². The van der Waals surface area contributed by atoms with Crippen molar-refractivity contribution < 1.29 is 9.47 Å². The van der Waals surface area contributed by atoms with E-state index < -0.39 is 0 Å². The molecule has 134 valence electrons. The van der Waals surface area contributed by atoms with Crippen molar-refractivity contribution in [1.82, 2.24) is 20.2 Å². The normalized spacial score (nSPS) is 15.9. The SMILES string of the molecule is COc1ncnc(OC)c1CNC1CCN(Cc2ccccc2)CC1. The van der Waals surface area contributed by atoms with Crippen LogP contribution in [0.2, 0.25) is 0 Å². The Morgan fingerprint density at radius 2 is 1.68 bits per heavy atom. The molecule has 0 amide bonds. The molecule has 3 rings (SSSR count). The third-order valence-electron chi connectivity index (χ3n) is 4.66. The van der Waals surface area contributed by atoms with Gasteiger partial charge in [0.2, 0.25) is 11.8 Å². The van der Waals surface area contributed by atoms with E-state index in [2.05, 4.69) is 50.5 Å². The third-order valence-corrected chi connectivity index (χ3v) is 4.66. The molecule has 0 unspecified atom stereocenters. The lowest BCUT2D eigenvalue weighted by Gasteiger charge is -2.32. The Kier molecular flexibility index (Phi) is 6.19. The molecule has 2 heterocycles. The number of aromatic nitrogens is 2. The van der Waals surface area contributed by atoms with Gasteiger partial charge in [-0.2, -0.15) is 0 Å². The zero-order valence-corrected chi connectivity index (χ0v) is 14.9. The van der Waals surface area contributed by atoms with Crippen LogP contribution in [0.5, 0.6) is 11.8 Å². The van der Waals surface area contributed by atoms with Gasteiger partial charge in [-0.3, -0.25) is 4.90 Å². The fraction of sp³-hybridized carbons (Fsp3) is 0.474. The predicted octanol–water partition coefficient (Wildman–Crippen LogP) is 2.25. The molecule has 0 saturated carbocycles. The quantitative estimate of drug-likeness (QED) is 0.833. The molecule has 25 heavy (non-hydrogen) atoms. The molecule has 1 aromatic carbocycles. The average Bonchev–Trinajstić information content (AvgIpc) is 2.68. The number of benzene rings is 1. The number of nitrogens with zero attached hydrogens (tertiary/aromatic N) is 3. The van der Waals surface area contributed by atoms with Crippen LogP contribution in [-0.2, 0) is 13.1 Å².